The molecule has 0 amide bonds. The summed E-state index contributed by atoms with van der Waals surface area (Å²) in [6.07, 6.45) is 2.78. The highest BCUT2D eigenvalue weighted by atomic mass is 79.9. The molecule has 21 heavy (non-hydrogen) atoms. The minimum Gasteiger partial charge on any atom is -0.308 e. The molecule has 2 rings (SSSR count). The Morgan fingerprint density at radius 2 is 2.19 bits per heavy atom. The molecule has 4 nitrogen and oxygen atoms in total. The first-order valence-electron chi connectivity index (χ1n) is 7.18. The number of nitrogens with zero attached hydrogens (tertiary/aromatic N) is 3. The number of Topliss-reactive ketones (excluding diaryl/α,β-unsaturated/α-hetero) is 1. The van der Waals surface area contributed by atoms with Crippen molar-refractivity contribution in [2.45, 2.75) is 30.4 Å². The molecule has 1 saturated heterocycles. The van der Waals surface area contributed by atoms with Gasteiger partial charge in [0.1, 0.15) is 5.69 Å². The van der Waals surface area contributed by atoms with Gasteiger partial charge in [0.05, 0.1) is 22.5 Å². The van der Waals surface area contributed by atoms with Gasteiger partial charge in [-0.25, -0.2) is 0 Å². The van der Waals surface area contributed by atoms with Crippen molar-refractivity contribution in [2.24, 2.45) is 0 Å². The summed E-state index contributed by atoms with van der Waals surface area (Å²) in [4.78, 5) is 15.1. The van der Waals surface area contributed by atoms with Gasteiger partial charge in [-0.2, -0.15) is 16.9 Å². The molecule has 2 heterocycles. The number of halogens is 1. The first-order chi connectivity index (χ1) is 10.0. The molecule has 1 aliphatic rings. The Balaban J connectivity index is 2.19. The number of hydrogen-bond donors (Lipinski definition) is 0. The van der Waals surface area contributed by atoms with E-state index >= 15 is 0 Å². The average molecular weight is 392 g/mol. The minimum absolute atomic E-state index is 0.0554. The number of aromatic nitrogens is 2. The lowest BCUT2D eigenvalue weighted by Gasteiger charge is -2.29. The van der Waals surface area contributed by atoms with Gasteiger partial charge >= 0.3 is 0 Å². The molecule has 0 spiro atoms. The maximum absolute atomic E-state index is 13.0. The number of carbonyl (C=O) groups is 1. The van der Waals surface area contributed by atoms with E-state index in [-0.39, 0.29) is 11.0 Å². The van der Waals surface area contributed by atoms with Crippen LogP contribution in [0.5, 0.6) is 0 Å². The van der Waals surface area contributed by atoms with Crippen molar-refractivity contribution in [1.82, 2.24) is 14.7 Å². The van der Waals surface area contributed by atoms with Crippen molar-refractivity contribution in [1.29, 1.82) is 0 Å². The van der Waals surface area contributed by atoms with Crippen LogP contribution in [0.3, 0.4) is 0 Å². The summed E-state index contributed by atoms with van der Waals surface area (Å²) >= 11 is 7.23. The van der Waals surface area contributed by atoms with Gasteiger partial charge in [0.25, 0.3) is 0 Å². The highest BCUT2D eigenvalue weighted by Gasteiger charge is 2.34. The van der Waals surface area contributed by atoms with Crippen LogP contribution < -0.4 is 0 Å². The molecule has 2 atom stereocenters. The summed E-state index contributed by atoms with van der Waals surface area (Å²) in [5, 5.41) is 4.83. The van der Waals surface area contributed by atoms with Crippen LogP contribution in [-0.2, 0) is 6.54 Å². The topological polar surface area (TPSA) is 38.1 Å². The average Bonchev–Trinajstić information content (AvgIpc) is 2.85. The molecule has 7 heteroatoms. The number of hydrogen-bond acceptors (Lipinski definition) is 5. The lowest BCUT2D eigenvalue weighted by atomic mass is 10.1. The number of likely N-dealkylation sites (N-methyl/N-ethyl adjacent to an activating group) is 1. The lowest BCUT2D eigenvalue weighted by molar-refractivity contribution is 0.0976. The predicted molar refractivity (Wildman–Crippen MR) is 95.6 cm³/mol. The van der Waals surface area contributed by atoms with Crippen molar-refractivity contribution < 1.29 is 4.79 Å². The Morgan fingerprint density at radius 3 is 2.86 bits per heavy atom. The molecular weight excluding hydrogens is 370 g/mol. The summed E-state index contributed by atoms with van der Waals surface area (Å²) in [6, 6.07) is 0. The van der Waals surface area contributed by atoms with E-state index in [0.717, 1.165) is 41.2 Å². The second-order valence-electron chi connectivity index (χ2n) is 5.34. The lowest BCUT2D eigenvalue weighted by Crippen LogP contribution is -2.34. The zero-order valence-corrected chi connectivity index (χ0v) is 15.9. The Hall–Kier alpha value is 0.0200. The molecule has 1 aromatic rings. The van der Waals surface area contributed by atoms with E-state index in [1.165, 1.54) is 0 Å². The zero-order chi connectivity index (χ0) is 15.4. The van der Waals surface area contributed by atoms with Crippen LogP contribution in [0.25, 0.3) is 0 Å². The largest absolute Gasteiger partial charge is 0.308 e. The summed E-state index contributed by atoms with van der Waals surface area (Å²) < 4.78 is 2.66. The van der Waals surface area contributed by atoms with Crippen LogP contribution in [-0.4, -0.2) is 63.1 Å². The number of thioether (sulfide) groups is 2. The molecule has 1 aliphatic heterocycles. The predicted octanol–water partition coefficient (Wildman–Crippen LogP) is 3.02. The molecule has 2 unspecified atom stereocenters. The molecule has 0 saturated carbocycles. The molecule has 0 radical (unpaired) electrons. The smallest absolute Gasteiger partial charge is 0.196 e. The number of ketones is 1. The fraction of sp³-hybridized carbons (Fsp3) is 0.714. The Kier molecular flexibility index (Phi) is 6.65. The summed E-state index contributed by atoms with van der Waals surface area (Å²) in [5.41, 5.74) is 0.732. The quantitative estimate of drug-likeness (QED) is 0.696. The summed E-state index contributed by atoms with van der Waals surface area (Å²) in [7, 11) is 4.06. The number of carbonyl (C=O) groups excluding carboxylic acids is 1. The maximum Gasteiger partial charge on any atom is 0.196 e. The van der Waals surface area contributed by atoms with Gasteiger partial charge in [-0.15, -0.1) is 11.8 Å². The molecule has 0 aromatic carbocycles. The highest BCUT2D eigenvalue weighted by molar-refractivity contribution is 9.10. The van der Waals surface area contributed by atoms with Crippen LogP contribution >= 0.6 is 39.5 Å². The fourth-order valence-corrected chi connectivity index (χ4v) is 5.85. The van der Waals surface area contributed by atoms with E-state index in [0.29, 0.717) is 5.25 Å². The van der Waals surface area contributed by atoms with Gasteiger partial charge in [0.15, 0.2) is 5.78 Å². The first-order valence-corrected chi connectivity index (χ1v) is 10.1. The van der Waals surface area contributed by atoms with E-state index < -0.39 is 0 Å². The van der Waals surface area contributed by atoms with Gasteiger partial charge in [0.2, 0.25) is 0 Å². The van der Waals surface area contributed by atoms with Crippen LogP contribution in [0.4, 0.5) is 0 Å². The van der Waals surface area contributed by atoms with E-state index in [2.05, 4.69) is 32.9 Å². The van der Waals surface area contributed by atoms with Crippen LogP contribution in [0.1, 0.15) is 23.8 Å². The summed E-state index contributed by atoms with van der Waals surface area (Å²) in [6.45, 7) is 3.78. The molecule has 0 N–H and O–H groups in total. The first kappa shape index (κ1) is 17.4. The van der Waals surface area contributed by atoms with Gasteiger partial charge < -0.3 is 4.90 Å². The van der Waals surface area contributed by atoms with Crippen LogP contribution in [0.15, 0.2) is 10.7 Å². The normalized spacial score (nSPS) is 22.7. The molecule has 0 aliphatic carbocycles. The monoisotopic (exact) mass is 391 g/mol. The third-order valence-corrected chi connectivity index (χ3v) is 7.32. The number of rotatable bonds is 6. The van der Waals surface area contributed by atoms with Crippen LogP contribution in [0, 0.1) is 0 Å². The van der Waals surface area contributed by atoms with Crippen molar-refractivity contribution in [2.75, 3.05) is 32.1 Å². The van der Waals surface area contributed by atoms with Crippen LogP contribution in [0.2, 0.25) is 0 Å². The van der Waals surface area contributed by atoms with E-state index in [1.54, 1.807) is 18.0 Å². The third kappa shape index (κ3) is 4.27. The zero-order valence-electron chi connectivity index (χ0n) is 12.7. The van der Waals surface area contributed by atoms with E-state index in [4.69, 9.17) is 0 Å². The van der Waals surface area contributed by atoms with E-state index in [1.807, 2.05) is 30.5 Å². The van der Waals surface area contributed by atoms with Crippen molar-refractivity contribution in [3.05, 3.63) is 16.4 Å². The Labute approximate surface area is 143 Å². The van der Waals surface area contributed by atoms with Gasteiger partial charge in [-0.1, -0.05) is 6.92 Å². The third-order valence-electron chi connectivity index (χ3n) is 3.50. The second kappa shape index (κ2) is 8.04. The standard InChI is InChI=1S/C14H22BrN3OS2/c1-4-11-14(21-8-7-20-11)13(19)12-10(15)9-16-18(12)6-5-17(2)3/h9,11,14H,4-8H2,1-3H3. The molecular formula is C14H22BrN3OS2. The Morgan fingerprint density at radius 1 is 1.48 bits per heavy atom. The van der Waals surface area contributed by atoms with Crippen molar-refractivity contribution >= 4 is 45.2 Å². The summed E-state index contributed by atoms with van der Waals surface area (Å²) in [5.74, 6) is 2.43. The minimum atomic E-state index is 0.0554. The second-order valence-corrected chi connectivity index (χ2v) is 8.79. The SMILES string of the molecule is CCC1SCCSC1C(=O)c1c(Br)cnn1CCN(C)C. The highest BCUT2D eigenvalue weighted by Crippen LogP contribution is 2.36. The molecule has 1 aromatic heterocycles. The van der Waals surface area contributed by atoms with Crippen molar-refractivity contribution in [3.63, 3.8) is 0 Å². The van der Waals surface area contributed by atoms with Gasteiger partial charge in [0, 0.05) is 23.3 Å². The molecule has 0 bridgehead atoms. The van der Waals surface area contributed by atoms with Gasteiger partial charge in [-0.3, -0.25) is 9.48 Å². The fourth-order valence-electron chi connectivity index (χ4n) is 2.35. The maximum atomic E-state index is 13.0. The van der Waals surface area contributed by atoms with Crippen molar-refractivity contribution in [3.8, 4) is 0 Å². The van der Waals surface area contributed by atoms with E-state index in [9.17, 15) is 4.79 Å². The Bertz CT molecular complexity index is 493. The molecule has 118 valence electrons. The van der Waals surface area contributed by atoms with Gasteiger partial charge in [-0.05, 0) is 36.4 Å². The molecule has 1 fully saturated rings.